The van der Waals surface area contributed by atoms with Gasteiger partial charge in [-0.1, -0.05) is 12.1 Å². The van der Waals surface area contributed by atoms with E-state index in [4.69, 9.17) is 0 Å². The van der Waals surface area contributed by atoms with Gasteiger partial charge >= 0.3 is 22.4 Å². The fourth-order valence-corrected chi connectivity index (χ4v) is 3.26. The molecule has 8 nitrogen and oxygen atoms in total. The quantitative estimate of drug-likeness (QED) is 0.768. The predicted molar refractivity (Wildman–Crippen MR) is 88.9 cm³/mol. The summed E-state index contributed by atoms with van der Waals surface area (Å²) in [6, 6.07) is 4.24. The molecule has 1 aromatic rings. The lowest BCUT2D eigenvalue weighted by molar-refractivity contribution is -0.137. The minimum absolute atomic E-state index is 0.138. The van der Waals surface area contributed by atoms with E-state index in [0.717, 1.165) is 31.5 Å². The maximum Gasteiger partial charge on any atom is 0.418 e. The van der Waals surface area contributed by atoms with Crippen molar-refractivity contribution in [1.82, 2.24) is 4.31 Å². The molecule has 1 amide bonds. The SMILES string of the molecule is COC(=O)C1=CN(CC(=O)Nc2ccccc2C(F)(F)F)S(=O)(=O)N=C1C. The summed E-state index contributed by atoms with van der Waals surface area (Å²) >= 11 is 0. The van der Waals surface area contributed by atoms with Gasteiger partial charge in [0.15, 0.2) is 0 Å². The van der Waals surface area contributed by atoms with E-state index in [9.17, 15) is 31.2 Å². The van der Waals surface area contributed by atoms with Crippen molar-refractivity contribution in [3.8, 4) is 0 Å². The first-order chi connectivity index (χ1) is 12.5. The first-order valence-corrected chi connectivity index (χ1v) is 8.70. The van der Waals surface area contributed by atoms with Crippen LogP contribution < -0.4 is 5.32 Å². The molecule has 1 aliphatic rings. The molecule has 1 heterocycles. The summed E-state index contributed by atoms with van der Waals surface area (Å²) in [7, 11) is -3.25. The normalized spacial score (nSPS) is 16.3. The Hall–Kier alpha value is -2.89. The smallest absolute Gasteiger partial charge is 0.418 e. The van der Waals surface area contributed by atoms with Gasteiger partial charge in [0, 0.05) is 6.20 Å². The molecule has 0 radical (unpaired) electrons. The van der Waals surface area contributed by atoms with Gasteiger partial charge in [0.2, 0.25) is 5.91 Å². The van der Waals surface area contributed by atoms with Crippen LogP contribution in [0.4, 0.5) is 18.9 Å². The van der Waals surface area contributed by atoms with Crippen molar-refractivity contribution in [2.24, 2.45) is 4.40 Å². The highest BCUT2D eigenvalue weighted by Gasteiger charge is 2.34. The first-order valence-electron chi connectivity index (χ1n) is 7.30. The van der Waals surface area contributed by atoms with Crippen molar-refractivity contribution < 1.29 is 35.9 Å². The van der Waals surface area contributed by atoms with E-state index >= 15 is 0 Å². The highest BCUT2D eigenvalue weighted by molar-refractivity contribution is 7.88. The van der Waals surface area contributed by atoms with Crippen LogP contribution in [0.1, 0.15) is 12.5 Å². The van der Waals surface area contributed by atoms with Crippen LogP contribution in [0.3, 0.4) is 0 Å². The lowest BCUT2D eigenvalue weighted by Gasteiger charge is -2.23. The molecule has 1 aromatic carbocycles. The number of nitrogens with one attached hydrogen (secondary N) is 1. The monoisotopic (exact) mass is 405 g/mol. The van der Waals surface area contributed by atoms with Crippen molar-refractivity contribution in [3.63, 3.8) is 0 Å². The lowest BCUT2D eigenvalue weighted by Crippen LogP contribution is -2.37. The molecule has 1 aliphatic heterocycles. The van der Waals surface area contributed by atoms with E-state index in [-0.39, 0.29) is 11.3 Å². The molecule has 2 rings (SSSR count). The summed E-state index contributed by atoms with van der Waals surface area (Å²) in [5, 5.41) is 2.01. The van der Waals surface area contributed by atoms with Crippen LogP contribution in [-0.2, 0) is 30.7 Å². The second-order valence-corrected chi connectivity index (χ2v) is 6.87. The van der Waals surface area contributed by atoms with E-state index in [1.54, 1.807) is 0 Å². The number of carbonyl (C=O) groups excluding carboxylic acids is 2. The molecule has 0 atom stereocenters. The fourth-order valence-electron chi connectivity index (χ4n) is 2.19. The average Bonchev–Trinajstić information content (AvgIpc) is 2.55. The predicted octanol–water partition coefficient (Wildman–Crippen LogP) is 1.72. The van der Waals surface area contributed by atoms with Crippen molar-refractivity contribution >= 4 is 33.5 Å². The van der Waals surface area contributed by atoms with Crippen LogP contribution in [0.2, 0.25) is 0 Å². The van der Waals surface area contributed by atoms with Gasteiger partial charge in [-0.2, -0.15) is 21.6 Å². The number of hydrogen-bond acceptors (Lipinski definition) is 5. The number of anilines is 1. The first kappa shape index (κ1) is 20.4. The van der Waals surface area contributed by atoms with E-state index in [0.29, 0.717) is 4.31 Å². The van der Waals surface area contributed by atoms with Crippen LogP contribution in [0.15, 0.2) is 40.4 Å². The third-order valence-corrected chi connectivity index (χ3v) is 4.75. The van der Waals surface area contributed by atoms with Crippen molar-refractivity contribution in [2.45, 2.75) is 13.1 Å². The van der Waals surface area contributed by atoms with Crippen LogP contribution in [0.25, 0.3) is 0 Å². The summed E-state index contributed by atoms with van der Waals surface area (Å²) in [5.74, 6) is -1.93. The Morgan fingerprint density at radius 1 is 1.26 bits per heavy atom. The van der Waals surface area contributed by atoms with Gasteiger partial charge in [0.05, 0.1) is 29.6 Å². The molecule has 1 N–H and O–H groups in total. The number of halogens is 3. The summed E-state index contributed by atoms with van der Waals surface area (Å²) in [6.07, 6.45) is -3.86. The Morgan fingerprint density at radius 3 is 2.48 bits per heavy atom. The Morgan fingerprint density at radius 2 is 1.89 bits per heavy atom. The number of rotatable bonds is 4. The zero-order chi connectivity index (χ0) is 20.4. The van der Waals surface area contributed by atoms with Crippen molar-refractivity contribution in [1.29, 1.82) is 0 Å². The molecule has 0 saturated heterocycles. The summed E-state index contributed by atoms with van der Waals surface area (Å²) in [6.45, 7) is 0.378. The molecule has 12 heteroatoms. The molecule has 0 aromatic heterocycles. The van der Waals surface area contributed by atoms with Crippen LogP contribution in [0, 0.1) is 0 Å². The van der Waals surface area contributed by atoms with Crippen molar-refractivity contribution in [3.05, 3.63) is 41.6 Å². The second-order valence-electron chi connectivity index (χ2n) is 5.33. The average molecular weight is 405 g/mol. The molecule has 0 saturated carbocycles. The number of carbonyl (C=O) groups is 2. The third kappa shape index (κ3) is 4.64. The zero-order valence-corrected chi connectivity index (χ0v) is 14.9. The maximum atomic E-state index is 13.0. The molecule has 0 spiro atoms. The Labute approximate surface area is 152 Å². The summed E-state index contributed by atoms with van der Waals surface area (Å²) in [4.78, 5) is 23.7. The van der Waals surface area contributed by atoms with Crippen LogP contribution in [0.5, 0.6) is 0 Å². The zero-order valence-electron chi connectivity index (χ0n) is 14.1. The number of benzene rings is 1. The standard InChI is InChI=1S/C15H14F3N3O5S/c1-9-10(14(23)26-2)7-21(27(24,25)20-9)8-13(22)19-12-6-4-3-5-11(12)15(16,17)18/h3-7H,8H2,1-2H3,(H,19,22). The highest BCUT2D eigenvalue weighted by Crippen LogP contribution is 2.34. The summed E-state index contributed by atoms with van der Waals surface area (Å²) in [5.41, 5.74) is -1.95. The Balaban J connectivity index is 2.25. The topological polar surface area (TPSA) is 105 Å². The number of para-hydroxylation sites is 1. The largest absolute Gasteiger partial charge is 0.465 e. The van der Waals surface area contributed by atoms with Crippen LogP contribution >= 0.6 is 0 Å². The lowest BCUT2D eigenvalue weighted by atomic mass is 10.1. The van der Waals surface area contributed by atoms with E-state index < -0.39 is 46.1 Å². The van der Waals surface area contributed by atoms with Gasteiger partial charge < -0.3 is 10.1 Å². The minimum atomic E-state index is -4.71. The van der Waals surface area contributed by atoms with E-state index in [2.05, 4.69) is 9.13 Å². The van der Waals surface area contributed by atoms with Gasteiger partial charge in [-0.05, 0) is 19.1 Å². The molecule has 0 bridgehead atoms. The second kappa shape index (κ2) is 7.39. The number of hydrogen-bond donors (Lipinski definition) is 1. The van der Waals surface area contributed by atoms with Crippen LogP contribution in [-0.4, -0.2) is 44.0 Å². The van der Waals surface area contributed by atoms with Gasteiger partial charge in [-0.3, -0.25) is 4.79 Å². The third-order valence-electron chi connectivity index (χ3n) is 3.42. The number of esters is 1. The molecule has 146 valence electrons. The van der Waals surface area contributed by atoms with Gasteiger partial charge in [0.1, 0.15) is 6.54 Å². The Kier molecular flexibility index (Phi) is 5.59. The minimum Gasteiger partial charge on any atom is -0.465 e. The molecular weight excluding hydrogens is 391 g/mol. The molecular formula is C15H14F3N3O5S. The number of alkyl halides is 3. The number of methoxy groups -OCH3 is 1. The van der Waals surface area contributed by atoms with Crippen molar-refractivity contribution in [2.75, 3.05) is 19.0 Å². The van der Waals surface area contributed by atoms with Gasteiger partial charge in [0.25, 0.3) is 0 Å². The molecule has 0 aliphatic carbocycles. The highest BCUT2D eigenvalue weighted by atomic mass is 32.2. The Bertz CT molecular complexity index is 938. The van der Waals surface area contributed by atoms with E-state index in [1.165, 1.54) is 13.0 Å². The summed E-state index contributed by atoms with van der Waals surface area (Å²) < 4.78 is 71.3. The number of amides is 1. The van der Waals surface area contributed by atoms with Gasteiger partial charge in [-0.15, -0.1) is 4.40 Å². The fraction of sp³-hybridized carbons (Fsp3) is 0.267. The molecule has 27 heavy (non-hydrogen) atoms. The maximum absolute atomic E-state index is 13.0. The van der Waals surface area contributed by atoms with E-state index in [1.807, 2.05) is 5.32 Å². The number of ether oxygens (including phenoxy) is 1. The molecule has 0 fully saturated rings. The molecule has 0 unspecified atom stereocenters. The number of nitrogens with zero attached hydrogens (tertiary/aromatic N) is 2. The van der Waals surface area contributed by atoms with Gasteiger partial charge in [-0.25, -0.2) is 9.10 Å².